The molecule has 144 valence electrons. The second-order valence-corrected chi connectivity index (χ2v) is 7.31. The van der Waals surface area contributed by atoms with Crippen LogP contribution in [0, 0.1) is 17.6 Å². The van der Waals surface area contributed by atoms with E-state index in [0.29, 0.717) is 54.9 Å². The standard InChI is InChI=1S/C19H22F2N4O2/c20-13-7-14(21)18-11(9-23-16(18)8-13)3-5-22-19(27)25-6-4-15-12(10-25)1-2-17(26)24-15/h7-9,12,15,23H,1-6,10H2,(H,22,27)(H,24,26). The molecular weight excluding hydrogens is 354 g/mol. The SMILES string of the molecule is O=C1CCC2CN(C(=O)NCCc3c[nH]c4cc(F)cc(F)c34)CCC2N1. The minimum absolute atomic E-state index is 0.0972. The Morgan fingerprint density at radius 2 is 2.15 bits per heavy atom. The van der Waals surface area contributed by atoms with Crippen LogP contribution in [0.5, 0.6) is 0 Å². The number of urea groups is 1. The highest BCUT2D eigenvalue weighted by atomic mass is 19.1. The number of likely N-dealkylation sites (tertiary alicyclic amines) is 1. The molecule has 4 rings (SSSR count). The van der Waals surface area contributed by atoms with Gasteiger partial charge in [0.2, 0.25) is 5.91 Å². The summed E-state index contributed by atoms with van der Waals surface area (Å²) in [4.78, 5) is 28.6. The van der Waals surface area contributed by atoms with E-state index in [9.17, 15) is 18.4 Å². The number of fused-ring (bicyclic) bond motifs is 2. The number of benzene rings is 1. The van der Waals surface area contributed by atoms with Gasteiger partial charge in [-0.1, -0.05) is 0 Å². The number of nitrogens with zero attached hydrogens (tertiary/aromatic N) is 1. The van der Waals surface area contributed by atoms with Crippen molar-refractivity contribution in [2.45, 2.75) is 31.7 Å². The summed E-state index contributed by atoms with van der Waals surface area (Å²) < 4.78 is 27.3. The Kier molecular flexibility index (Phi) is 4.72. The molecule has 3 heterocycles. The highest BCUT2D eigenvalue weighted by Crippen LogP contribution is 2.26. The lowest BCUT2D eigenvalue weighted by atomic mass is 9.85. The number of piperidine rings is 2. The average Bonchev–Trinajstić information content (AvgIpc) is 3.04. The van der Waals surface area contributed by atoms with Crippen molar-refractivity contribution in [3.8, 4) is 0 Å². The number of H-pyrrole nitrogens is 1. The molecule has 0 aliphatic carbocycles. The molecule has 27 heavy (non-hydrogen) atoms. The summed E-state index contributed by atoms with van der Waals surface area (Å²) in [5.41, 5.74) is 1.12. The molecule has 2 fully saturated rings. The van der Waals surface area contributed by atoms with Crippen molar-refractivity contribution < 1.29 is 18.4 Å². The number of aromatic nitrogens is 1. The molecule has 0 radical (unpaired) electrons. The van der Waals surface area contributed by atoms with Crippen molar-refractivity contribution in [1.82, 2.24) is 20.5 Å². The maximum Gasteiger partial charge on any atom is 0.317 e. The molecule has 3 amide bonds. The summed E-state index contributed by atoms with van der Waals surface area (Å²) in [5, 5.41) is 6.25. The van der Waals surface area contributed by atoms with E-state index in [1.807, 2.05) is 0 Å². The van der Waals surface area contributed by atoms with Gasteiger partial charge in [-0.15, -0.1) is 0 Å². The van der Waals surface area contributed by atoms with Gasteiger partial charge in [-0.05, 0) is 36.8 Å². The molecule has 6 nitrogen and oxygen atoms in total. The first-order valence-electron chi connectivity index (χ1n) is 9.28. The van der Waals surface area contributed by atoms with E-state index in [2.05, 4.69) is 15.6 Å². The van der Waals surface area contributed by atoms with Gasteiger partial charge < -0.3 is 20.5 Å². The minimum atomic E-state index is -0.621. The molecule has 2 aromatic rings. The second kappa shape index (κ2) is 7.17. The second-order valence-electron chi connectivity index (χ2n) is 7.31. The topological polar surface area (TPSA) is 77.2 Å². The lowest BCUT2D eigenvalue weighted by molar-refractivity contribution is -0.125. The number of nitrogens with one attached hydrogen (secondary N) is 3. The summed E-state index contributed by atoms with van der Waals surface area (Å²) >= 11 is 0. The molecule has 0 spiro atoms. The quantitative estimate of drug-likeness (QED) is 0.769. The van der Waals surface area contributed by atoms with Crippen molar-refractivity contribution >= 4 is 22.8 Å². The van der Waals surface area contributed by atoms with Gasteiger partial charge in [-0.25, -0.2) is 13.6 Å². The van der Waals surface area contributed by atoms with E-state index in [4.69, 9.17) is 0 Å². The van der Waals surface area contributed by atoms with Gasteiger partial charge in [0.25, 0.3) is 0 Å². The Morgan fingerprint density at radius 3 is 3.00 bits per heavy atom. The maximum absolute atomic E-state index is 14.0. The van der Waals surface area contributed by atoms with Crippen LogP contribution in [-0.2, 0) is 11.2 Å². The molecule has 2 unspecified atom stereocenters. The Balaban J connectivity index is 1.32. The van der Waals surface area contributed by atoms with Crippen LogP contribution in [0.1, 0.15) is 24.8 Å². The first-order valence-corrected chi connectivity index (χ1v) is 9.28. The van der Waals surface area contributed by atoms with Gasteiger partial charge in [0.05, 0.1) is 5.52 Å². The molecule has 8 heteroatoms. The molecule has 1 aromatic carbocycles. The van der Waals surface area contributed by atoms with Crippen LogP contribution >= 0.6 is 0 Å². The number of amides is 3. The number of hydrogen-bond acceptors (Lipinski definition) is 2. The van der Waals surface area contributed by atoms with Crippen LogP contribution in [0.2, 0.25) is 0 Å². The van der Waals surface area contributed by atoms with Crippen LogP contribution in [0.3, 0.4) is 0 Å². The Morgan fingerprint density at radius 1 is 1.30 bits per heavy atom. The van der Waals surface area contributed by atoms with Crippen molar-refractivity contribution in [2.24, 2.45) is 5.92 Å². The molecule has 0 bridgehead atoms. The van der Waals surface area contributed by atoms with Gasteiger partial charge in [0.1, 0.15) is 11.6 Å². The fourth-order valence-corrected chi connectivity index (χ4v) is 4.16. The third-order valence-corrected chi connectivity index (χ3v) is 5.56. The maximum atomic E-state index is 14.0. The van der Waals surface area contributed by atoms with Crippen molar-refractivity contribution in [3.63, 3.8) is 0 Å². The molecular formula is C19H22F2N4O2. The first-order chi connectivity index (χ1) is 13.0. The molecule has 0 saturated carbocycles. The predicted octanol–water partition coefficient (Wildman–Crippen LogP) is 2.30. The third-order valence-electron chi connectivity index (χ3n) is 5.56. The Hall–Kier alpha value is -2.64. The lowest BCUT2D eigenvalue weighted by Crippen LogP contribution is -2.56. The normalized spacial score (nSPS) is 22.4. The zero-order valence-corrected chi connectivity index (χ0v) is 14.9. The molecule has 2 atom stereocenters. The van der Waals surface area contributed by atoms with Gasteiger partial charge in [-0.3, -0.25) is 4.79 Å². The summed E-state index contributed by atoms with van der Waals surface area (Å²) in [6.07, 6.45) is 4.19. The van der Waals surface area contributed by atoms with Crippen LogP contribution in [0.25, 0.3) is 10.9 Å². The smallest absolute Gasteiger partial charge is 0.317 e. The highest BCUT2D eigenvalue weighted by Gasteiger charge is 2.35. The zero-order chi connectivity index (χ0) is 19.0. The fourth-order valence-electron chi connectivity index (χ4n) is 4.16. The van der Waals surface area contributed by atoms with Crippen LogP contribution in [0.15, 0.2) is 18.3 Å². The van der Waals surface area contributed by atoms with Crippen molar-refractivity contribution in [2.75, 3.05) is 19.6 Å². The molecule has 2 aliphatic heterocycles. The lowest BCUT2D eigenvalue weighted by Gasteiger charge is -2.41. The van der Waals surface area contributed by atoms with Gasteiger partial charge in [0, 0.05) is 49.7 Å². The number of hydrogen-bond donors (Lipinski definition) is 3. The van der Waals surface area contributed by atoms with Crippen molar-refractivity contribution in [3.05, 3.63) is 35.5 Å². The minimum Gasteiger partial charge on any atom is -0.361 e. The number of carbonyl (C=O) groups is 2. The van der Waals surface area contributed by atoms with E-state index >= 15 is 0 Å². The van der Waals surface area contributed by atoms with E-state index in [1.165, 1.54) is 6.07 Å². The van der Waals surface area contributed by atoms with E-state index in [1.54, 1.807) is 11.1 Å². The summed E-state index contributed by atoms with van der Waals surface area (Å²) in [5.74, 6) is -0.821. The fraction of sp³-hybridized carbons (Fsp3) is 0.474. The van der Waals surface area contributed by atoms with Crippen LogP contribution in [0.4, 0.5) is 13.6 Å². The van der Waals surface area contributed by atoms with Gasteiger partial charge in [0.15, 0.2) is 0 Å². The van der Waals surface area contributed by atoms with E-state index < -0.39 is 11.6 Å². The summed E-state index contributed by atoms with van der Waals surface area (Å²) in [6.45, 7) is 1.61. The summed E-state index contributed by atoms with van der Waals surface area (Å²) in [7, 11) is 0. The third kappa shape index (κ3) is 3.61. The van der Waals surface area contributed by atoms with Gasteiger partial charge >= 0.3 is 6.03 Å². The Bertz CT molecular complexity index is 882. The monoisotopic (exact) mass is 376 g/mol. The first kappa shape index (κ1) is 17.8. The van der Waals surface area contributed by atoms with Crippen LogP contribution < -0.4 is 10.6 Å². The van der Waals surface area contributed by atoms with Gasteiger partial charge in [-0.2, -0.15) is 0 Å². The number of halogens is 2. The Labute approximate surface area is 155 Å². The summed E-state index contributed by atoms with van der Waals surface area (Å²) in [6, 6.07) is 2.15. The van der Waals surface area contributed by atoms with E-state index in [-0.39, 0.29) is 18.0 Å². The number of rotatable bonds is 3. The number of carbonyl (C=O) groups excluding carboxylic acids is 2. The largest absolute Gasteiger partial charge is 0.361 e. The molecule has 2 saturated heterocycles. The average molecular weight is 376 g/mol. The van der Waals surface area contributed by atoms with Crippen LogP contribution in [-0.4, -0.2) is 47.5 Å². The molecule has 2 aliphatic rings. The highest BCUT2D eigenvalue weighted by molar-refractivity contribution is 5.84. The molecule has 3 N–H and O–H groups in total. The van der Waals surface area contributed by atoms with E-state index in [0.717, 1.165) is 18.9 Å². The number of aromatic amines is 1. The predicted molar refractivity (Wildman–Crippen MR) is 96.2 cm³/mol. The molecule has 1 aromatic heterocycles. The van der Waals surface area contributed by atoms with Crippen molar-refractivity contribution in [1.29, 1.82) is 0 Å². The zero-order valence-electron chi connectivity index (χ0n) is 14.9.